The lowest BCUT2D eigenvalue weighted by Gasteiger charge is -2.43. The molecule has 0 aromatic heterocycles. The topological polar surface area (TPSA) is 26.0 Å². The molecule has 2 N–H and O–H groups in total. The van der Waals surface area contributed by atoms with Crippen LogP contribution in [-0.2, 0) is 5.41 Å². The predicted octanol–water partition coefficient (Wildman–Crippen LogP) is 4.15. The van der Waals surface area contributed by atoms with Crippen LogP contribution in [0.2, 0.25) is 0 Å². The van der Waals surface area contributed by atoms with Gasteiger partial charge in [-0.2, -0.15) is 0 Å². The fourth-order valence-corrected chi connectivity index (χ4v) is 3.54. The molecule has 3 atom stereocenters. The van der Waals surface area contributed by atoms with Gasteiger partial charge in [-0.1, -0.05) is 33.3 Å². The summed E-state index contributed by atoms with van der Waals surface area (Å²) in [7, 11) is 0. The van der Waals surface area contributed by atoms with Crippen LogP contribution in [0.4, 0.5) is 13.2 Å². The van der Waals surface area contributed by atoms with E-state index in [1.807, 2.05) is 13.8 Å². The Hall–Kier alpha value is -1.03. The van der Waals surface area contributed by atoms with Crippen LogP contribution in [0.5, 0.6) is 0 Å². The van der Waals surface area contributed by atoms with Crippen molar-refractivity contribution in [3.8, 4) is 0 Å². The first-order chi connectivity index (χ1) is 9.25. The quantitative estimate of drug-likeness (QED) is 0.812. The summed E-state index contributed by atoms with van der Waals surface area (Å²) in [6.45, 7) is 5.88. The van der Waals surface area contributed by atoms with Crippen molar-refractivity contribution >= 4 is 0 Å². The molecule has 20 heavy (non-hydrogen) atoms. The molecule has 0 spiro atoms. The lowest BCUT2D eigenvalue weighted by molar-refractivity contribution is 0.167. The molecule has 1 fully saturated rings. The number of hydrogen-bond acceptors (Lipinski definition) is 1. The zero-order valence-electron chi connectivity index (χ0n) is 12.2. The van der Waals surface area contributed by atoms with Crippen molar-refractivity contribution in [1.29, 1.82) is 0 Å². The standard InChI is InChI=1S/C16H22F3N/c1-9-4-5-10(13(20)8-9)16(2,3)11-6-7-12(17)15(19)14(11)18/h6-7,9-10,13H,4-5,8,20H2,1-3H3. The predicted molar refractivity (Wildman–Crippen MR) is 73.8 cm³/mol. The number of nitrogens with two attached hydrogens (primary N) is 1. The lowest BCUT2D eigenvalue weighted by Crippen LogP contribution is -2.46. The summed E-state index contributed by atoms with van der Waals surface area (Å²) >= 11 is 0. The molecular weight excluding hydrogens is 263 g/mol. The lowest BCUT2D eigenvalue weighted by atomic mass is 9.64. The molecule has 1 aromatic carbocycles. The van der Waals surface area contributed by atoms with Crippen molar-refractivity contribution in [3.05, 3.63) is 35.1 Å². The first kappa shape index (κ1) is 15.4. The van der Waals surface area contributed by atoms with Gasteiger partial charge >= 0.3 is 0 Å². The Labute approximate surface area is 118 Å². The van der Waals surface area contributed by atoms with Crippen molar-refractivity contribution in [3.63, 3.8) is 0 Å². The van der Waals surface area contributed by atoms with E-state index in [1.54, 1.807) is 0 Å². The first-order valence-corrected chi connectivity index (χ1v) is 7.14. The van der Waals surface area contributed by atoms with E-state index in [9.17, 15) is 13.2 Å². The number of hydrogen-bond donors (Lipinski definition) is 1. The SMILES string of the molecule is CC1CCC(C(C)(C)c2ccc(F)c(F)c2F)C(N)C1. The summed E-state index contributed by atoms with van der Waals surface area (Å²) in [5.41, 5.74) is 5.82. The molecule has 1 aromatic rings. The Balaban J connectivity index is 2.37. The molecule has 4 heteroatoms. The van der Waals surface area contributed by atoms with Gasteiger partial charge in [0.15, 0.2) is 17.5 Å². The molecule has 0 heterocycles. The molecular formula is C16H22F3N. The molecule has 3 unspecified atom stereocenters. The third-order valence-corrected chi connectivity index (χ3v) is 4.82. The van der Waals surface area contributed by atoms with E-state index in [1.165, 1.54) is 6.07 Å². The van der Waals surface area contributed by atoms with Gasteiger partial charge < -0.3 is 5.73 Å². The minimum absolute atomic E-state index is 0.0405. The Kier molecular flexibility index (Phi) is 4.14. The molecule has 0 saturated heterocycles. The number of halogens is 3. The molecule has 1 saturated carbocycles. The summed E-state index contributed by atoms with van der Waals surface area (Å²) in [6.07, 6.45) is 2.81. The van der Waals surface area contributed by atoms with Gasteiger partial charge in [0, 0.05) is 6.04 Å². The molecule has 112 valence electrons. The minimum Gasteiger partial charge on any atom is -0.327 e. The van der Waals surface area contributed by atoms with E-state index in [2.05, 4.69) is 6.92 Å². The van der Waals surface area contributed by atoms with Gasteiger partial charge in [-0.05, 0) is 41.7 Å². The molecule has 0 amide bonds. The minimum atomic E-state index is -1.40. The Morgan fingerprint density at radius 3 is 2.35 bits per heavy atom. The highest BCUT2D eigenvalue weighted by atomic mass is 19.2. The highest BCUT2D eigenvalue weighted by Gasteiger charge is 2.40. The van der Waals surface area contributed by atoms with E-state index in [4.69, 9.17) is 5.73 Å². The molecule has 0 bridgehead atoms. The van der Waals surface area contributed by atoms with Gasteiger partial charge in [0.25, 0.3) is 0 Å². The fourth-order valence-electron chi connectivity index (χ4n) is 3.54. The van der Waals surface area contributed by atoms with E-state index < -0.39 is 22.9 Å². The largest absolute Gasteiger partial charge is 0.327 e. The second-order valence-corrected chi connectivity index (χ2v) is 6.63. The van der Waals surface area contributed by atoms with E-state index in [0.717, 1.165) is 25.3 Å². The molecule has 1 nitrogen and oxygen atoms in total. The third kappa shape index (κ3) is 2.58. The Bertz CT molecular complexity index is 499. The fraction of sp³-hybridized carbons (Fsp3) is 0.625. The van der Waals surface area contributed by atoms with Crippen LogP contribution >= 0.6 is 0 Å². The van der Waals surface area contributed by atoms with E-state index in [-0.39, 0.29) is 17.5 Å². The van der Waals surface area contributed by atoms with Crippen LogP contribution in [-0.4, -0.2) is 6.04 Å². The smallest absolute Gasteiger partial charge is 0.194 e. The van der Waals surface area contributed by atoms with E-state index >= 15 is 0 Å². The summed E-state index contributed by atoms with van der Waals surface area (Å²) in [6, 6.07) is 2.30. The van der Waals surface area contributed by atoms with Crippen molar-refractivity contribution < 1.29 is 13.2 Å². The summed E-state index contributed by atoms with van der Waals surface area (Å²) < 4.78 is 40.6. The van der Waals surface area contributed by atoms with Crippen LogP contribution in [0, 0.1) is 29.3 Å². The van der Waals surface area contributed by atoms with Gasteiger partial charge in [0.05, 0.1) is 0 Å². The van der Waals surface area contributed by atoms with Crippen molar-refractivity contribution in [2.45, 2.75) is 51.5 Å². The summed E-state index contributed by atoms with van der Waals surface area (Å²) in [4.78, 5) is 0. The maximum absolute atomic E-state index is 14.1. The third-order valence-electron chi connectivity index (χ3n) is 4.82. The average Bonchev–Trinajstić information content (AvgIpc) is 2.35. The maximum Gasteiger partial charge on any atom is 0.194 e. The monoisotopic (exact) mass is 285 g/mol. The van der Waals surface area contributed by atoms with Crippen LogP contribution in [0.3, 0.4) is 0 Å². The molecule has 2 rings (SSSR count). The molecule has 0 aliphatic heterocycles. The Morgan fingerprint density at radius 2 is 1.75 bits per heavy atom. The number of rotatable bonds is 2. The van der Waals surface area contributed by atoms with Crippen LogP contribution in [0.15, 0.2) is 12.1 Å². The average molecular weight is 285 g/mol. The van der Waals surface area contributed by atoms with Crippen molar-refractivity contribution in [1.82, 2.24) is 0 Å². The van der Waals surface area contributed by atoms with Crippen LogP contribution in [0.1, 0.15) is 45.6 Å². The van der Waals surface area contributed by atoms with Gasteiger partial charge in [0.1, 0.15) is 0 Å². The van der Waals surface area contributed by atoms with E-state index in [0.29, 0.717) is 5.92 Å². The normalized spacial score (nSPS) is 27.6. The van der Waals surface area contributed by atoms with Crippen LogP contribution < -0.4 is 5.73 Å². The second kappa shape index (κ2) is 5.40. The highest BCUT2D eigenvalue weighted by Crippen LogP contribution is 2.42. The van der Waals surface area contributed by atoms with Crippen molar-refractivity contribution in [2.24, 2.45) is 17.6 Å². The first-order valence-electron chi connectivity index (χ1n) is 7.14. The molecule has 1 aliphatic rings. The van der Waals surface area contributed by atoms with Gasteiger partial charge in [-0.15, -0.1) is 0 Å². The molecule has 0 radical (unpaired) electrons. The zero-order chi connectivity index (χ0) is 15.1. The number of benzene rings is 1. The van der Waals surface area contributed by atoms with Crippen LogP contribution in [0.25, 0.3) is 0 Å². The van der Waals surface area contributed by atoms with Gasteiger partial charge in [0.2, 0.25) is 0 Å². The molecule has 1 aliphatic carbocycles. The highest BCUT2D eigenvalue weighted by molar-refractivity contribution is 5.29. The zero-order valence-corrected chi connectivity index (χ0v) is 12.2. The van der Waals surface area contributed by atoms with Gasteiger partial charge in [-0.25, -0.2) is 13.2 Å². The van der Waals surface area contributed by atoms with Crippen molar-refractivity contribution in [2.75, 3.05) is 0 Å². The maximum atomic E-state index is 14.1. The summed E-state index contributed by atoms with van der Waals surface area (Å²) in [5.74, 6) is -3.00. The second-order valence-electron chi connectivity index (χ2n) is 6.63. The van der Waals surface area contributed by atoms with Gasteiger partial charge in [-0.3, -0.25) is 0 Å². The summed E-state index contributed by atoms with van der Waals surface area (Å²) in [5, 5.41) is 0. The Morgan fingerprint density at radius 1 is 1.10 bits per heavy atom.